The lowest BCUT2D eigenvalue weighted by Crippen LogP contribution is -2.27. The highest BCUT2D eigenvalue weighted by Crippen LogP contribution is 2.18. The van der Waals surface area contributed by atoms with Crippen LogP contribution in [0, 0.1) is 0 Å². The van der Waals surface area contributed by atoms with Crippen LogP contribution >= 0.6 is 0 Å². The van der Waals surface area contributed by atoms with Gasteiger partial charge >= 0.3 is 6.09 Å². The van der Waals surface area contributed by atoms with E-state index in [-0.39, 0.29) is 7.43 Å². The molecule has 0 bridgehead atoms. The van der Waals surface area contributed by atoms with Gasteiger partial charge in [0.2, 0.25) is 0 Å². The predicted octanol–water partition coefficient (Wildman–Crippen LogP) is 4.06. The van der Waals surface area contributed by atoms with Gasteiger partial charge in [-0.15, -0.1) is 0 Å². The molecule has 0 spiro atoms. The second-order valence-corrected chi connectivity index (χ2v) is 4.85. The summed E-state index contributed by atoms with van der Waals surface area (Å²) in [5.41, 5.74) is 6.45. The first-order valence-corrected chi connectivity index (χ1v) is 6.33. The second-order valence-electron chi connectivity index (χ2n) is 4.85. The molecule has 0 aliphatic carbocycles. The standard InChI is InChI=1S/C12H15N3O2.C2H6.CH4/c1-12(2,3)17-11(16)15-10-5-4-9(13)6-8(10)7-14-15;1-2;/h4-7H,13H2,1-3H3;1-2H3;1H4. The molecule has 5 heteroatoms. The Morgan fingerprint density at radius 1 is 1.30 bits per heavy atom. The number of nitrogens with zero attached hydrogens (tertiary/aromatic N) is 2. The van der Waals surface area contributed by atoms with Gasteiger partial charge in [0.15, 0.2) is 0 Å². The summed E-state index contributed by atoms with van der Waals surface area (Å²) in [4.78, 5) is 11.9. The Morgan fingerprint density at radius 2 is 1.90 bits per heavy atom. The summed E-state index contributed by atoms with van der Waals surface area (Å²) in [7, 11) is 0. The van der Waals surface area contributed by atoms with E-state index in [9.17, 15) is 4.79 Å². The maximum atomic E-state index is 11.9. The number of rotatable bonds is 0. The van der Waals surface area contributed by atoms with E-state index in [1.54, 1.807) is 24.4 Å². The third-order valence-electron chi connectivity index (χ3n) is 2.16. The van der Waals surface area contributed by atoms with Crippen LogP contribution in [0.5, 0.6) is 0 Å². The lowest BCUT2D eigenvalue weighted by atomic mass is 10.2. The smallest absolute Gasteiger partial charge is 0.435 e. The molecule has 0 unspecified atom stereocenters. The summed E-state index contributed by atoms with van der Waals surface area (Å²) >= 11 is 0. The minimum atomic E-state index is -0.539. The van der Waals surface area contributed by atoms with Gasteiger partial charge in [-0.05, 0) is 39.0 Å². The largest absolute Gasteiger partial charge is 0.442 e. The van der Waals surface area contributed by atoms with Crippen molar-refractivity contribution in [1.29, 1.82) is 0 Å². The molecule has 1 aromatic carbocycles. The first-order chi connectivity index (χ1) is 8.87. The van der Waals surface area contributed by atoms with Gasteiger partial charge in [0.05, 0.1) is 11.7 Å². The van der Waals surface area contributed by atoms with Crippen molar-refractivity contribution in [2.45, 2.75) is 47.6 Å². The molecule has 0 fully saturated rings. The lowest BCUT2D eigenvalue weighted by molar-refractivity contribution is 0.0523. The van der Waals surface area contributed by atoms with Crippen LogP contribution in [0.1, 0.15) is 42.0 Å². The molecule has 2 aromatic rings. The van der Waals surface area contributed by atoms with E-state index in [1.807, 2.05) is 34.6 Å². The van der Waals surface area contributed by atoms with Gasteiger partial charge in [-0.2, -0.15) is 9.78 Å². The van der Waals surface area contributed by atoms with Crippen LogP contribution in [-0.4, -0.2) is 21.5 Å². The van der Waals surface area contributed by atoms with Crippen molar-refractivity contribution in [1.82, 2.24) is 9.78 Å². The molecule has 1 aromatic heterocycles. The van der Waals surface area contributed by atoms with E-state index in [0.717, 1.165) is 5.39 Å². The Balaban J connectivity index is 0.00000115. The molecule has 0 aliphatic heterocycles. The molecule has 0 aliphatic rings. The van der Waals surface area contributed by atoms with Crippen LogP contribution in [0.15, 0.2) is 24.4 Å². The zero-order valence-corrected chi connectivity index (χ0v) is 12.1. The summed E-state index contributed by atoms with van der Waals surface area (Å²) in [6.45, 7) is 9.44. The second kappa shape index (κ2) is 6.93. The van der Waals surface area contributed by atoms with E-state index >= 15 is 0 Å². The normalized spacial score (nSPS) is 10.2. The van der Waals surface area contributed by atoms with Crippen LogP contribution in [0.4, 0.5) is 10.5 Å². The monoisotopic (exact) mass is 279 g/mol. The molecule has 0 atom stereocenters. The van der Waals surface area contributed by atoms with Gasteiger partial charge in [-0.25, -0.2) is 4.79 Å². The van der Waals surface area contributed by atoms with E-state index in [1.165, 1.54) is 4.68 Å². The topological polar surface area (TPSA) is 70.1 Å². The van der Waals surface area contributed by atoms with Crippen molar-refractivity contribution in [3.63, 3.8) is 0 Å². The first kappa shape index (κ1) is 18.0. The molecular formula is C15H25N3O2. The number of carbonyl (C=O) groups is 1. The van der Waals surface area contributed by atoms with Crippen molar-refractivity contribution in [3.8, 4) is 0 Å². The molecule has 2 rings (SSSR count). The average Bonchev–Trinajstić information content (AvgIpc) is 2.72. The van der Waals surface area contributed by atoms with Gasteiger partial charge in [0, 0.05) is 11.1 Å². The zero-order valence-electron chi connectivity index (χ0n) is 12.1. The number of fused-ring (bicyclic) bond motifs is 1. The van der Waals surface area contributed by atoms with E-state index in [0.29, 0.717) is 11.2 Å². The molecular weight excluding hydrogens is 254 g/mol. The highest BCUT2D eigenvalue weighted by Gasteiger charge is 2.19. The van der Waals surface area contributed by atoms with Crippen LogP contribution in [0.3, 0.4) is 0 Å². The van der Waals surface area contributed by atoms with Gasteiger partial charge in [0.1, 0.15) is 5.60 Å². The number of nitrogen functional groups attached to an aromatic ring is 1. The van der Waals surface area contributed by atoms with Crippen molar-refractivity contribution in [2.24, 2.45) is 0 Å². The summed E-state index contributed by atoms with van der Waals surface area (Å²) < 4.78 is 6.49. The number of hydrogen-bond donors (Lipinski definition) is 1. The molecule has 0 amide bonds. The Morgan fingerprint density at radius 3 is 2.45 bits per heavy atom. The van der Waals surface area contributed by atoms with E-state index < -0.39 is 11.7 Å². The van der Waals surface area contributed by atoms with Crippen molar-refractivity contribution >= 4 is 22.7 Å². The SMILES string of the molecule is C.CC.CC(C)(C)OC(=O)n1ncc2cc(N)ccc21. The van der Waals surface area contributed by atoms with Crippen molar-refractivity contribution < 1.29 is 9.53 Å². The molecule has 112 valence electrons. The van der Waals surface area contributed by atoms with Crippen LogP contribution in [0.25, 0.3) is 10.9 Å². The quantitative estimate of drug-likeness (QED) is 0.738. The molecule has 20 heavy (non-hydrogen) atoms. The Kier molecular flexibility index (Phi) is 6.23. The summed E-state index contributed by atoms with van der Waals surface area (Å²) in [5, 5.41) is 4.82. The summed E-state index contributed by atoms with van der Waals surface area (Å²) in [6, 6.07) is 5.25. The third kappa shape index (κ3) is 4.26. The number of aromatic nitrogens is 2. The summed E-state index contributed by atoms with van der Waals surface area (Å²) in [5.74, 6) is 0. The Bertz CT molecular complexity index is 568. The van der Waals surface area contributed by atoms with Gasteiger partial charge < -0.3 is 10.5 Å². The highest BCUT2D eigenvalue weighted by atomic mass is 16.6. The zero-order chi connectivity index (χ0) is 14.6. The van der Waals surface area contributed by atoms with Crippen molar-refractivity contribution in [2.75, 3.05) is 5.73 Å². The van der Waals surface area contributed by atoms with E-state index in [4.69, 9.17) is 10.5 Å². The summed E-state index contributed by atoms with van der Waals surface area (Å²) in [6.07, 6.45) is 1.10. The number of benzene rings is 1. The fourth-order valence-electron chi connectivity index (χ4n) is 1.50. The van der Waals surface area contributed by atoms with Crippen molar-refractivity contribution in [3.05, 3.63) is 24.4 Å². The van der Waals surface area contributed by atoms with Crippen LogP contribution in [0.2, 0.25) is 0 Å². The number of carbonyl (C=O) groups excluding carboxylic acids is 1. The van der Waals surface area contributed by atoms with Gasteiger partial charge in [0.25, 0.3) is 0 Å². The van der Waals surface area contributed by atoms with Crippen LogP contribution in [-0.2, 0) is 4.74 Å². The minimum absolute atomic E-state index is 0. The lowest BCUT2D eigenvalue weighted by Gasteiger charge is -2.19. The molecule has 2 N–H and O–H groups in total. The average molecular weight is 279 g/mol. The fraction of sp³-hybridized carbons (Fsp3) is 0.467. The van der Waals surface area contributed by atoms with Gasteiger partial charge in [-0.3, -0.25) is 0 Å². The number of anilines is 1. The van der Waals surface area contributed by atoms with E-state index in [2.05, 4.69) is 5.10 Å². The molecule has 5 nitrogen and oxygen atoms in total. The molecule has 0 saturated heterocycles. The number of hydrogen-bond acceptors (Lipinski definition) is 4. The van der Waals surface area contributed by atoms with Gasteiger partial charge in [-0.1, -0.05) is 21.3 Å². The number of nitrogens with two attached hydrogens (primary N) is 1. The molecule has 0 saturated carbocycles. The maximum Gasteiger partial charge on any atom is 0.435 e. The fourth-order valence-corrected chi connectivity index (χ4v) is 1.50. The number of ether oxygens (including phenoxy) is 1. The Hall–Kier alpha value is -2.04. The highest BCUT2D eigenvalue weighted by molar-refractivity contribution is 5.89. The first-order valence-electron chi connectivity index (χ1n) is 6.33. The third-order valence-corrected chi connectivity index (χ3v) is 2.16. The molecule has 1 heterocycles. The Labute approximate surface area is 120 Å². The minimum Gasteiger partial charge on any atom is -0.442 e. The van der Waals surface area contributed by atoms with Crippen LogP contribution < -0.4 is 5.73 Å². The maximum absolute atomic E-state index is 11.9. The predicted molar refractivity (Wildman–Crippen MR) is 83.9 cm³/mol. The molecule has 0 radical (unpaired) electrons.